The summed E-state index contributed by atoms with van der Waals surface area (Å²) in [7, 11) is 1.84. The molecule has 0 aromatic heterocycles. The van der Waals surface area contributed by atoms with Gasteiger partial charge in [-0.15, -0.1) is 0 Å². The van der Waals surface area contributed by atoms with E-state index < -0.39 is 0 Å². The van der Waals surface area contributed by atoms with Crippen molar-refractivity contribution in [2.24, 2.45) is 0 Å². The first-order valence-corrected chi connectivity index (χ1v) is 5.06. The molecule has 0 bridgehead atoms. The number of Topliss-reactive ketones (excluding diaryl/α,β-unsaturated/α-hetero) is 1. The molecule has 1 N–H and O–H groups in total. The van der Waals surface area contributed by atoms with Crippen LogP contribution >= 0.6 is 11.6 Å². The van der Waals surface area contributed by atoms with Gasteiger partial charge in [-0.3, -0.25) is 4.79 Å². The fourth-order valence-corrected chi connectivity index (χ4v) is 1.63. The number of anilines is 1. The van der Waals surface area contributed by atoms with Crippen LogP contribution in [0.5, 0.6) is 0 Å². The molecule has 0 aliphatic heterocycles. The van der Waals surface area contributed by atoms with E-state index in [4.69, 9.17) is 16.7 Å². The second-order valence-corrected chi connectivity index (χ2v) is 3.77. The number of likely N-dealkylation sites (N-methyl/N-ethyl adjacent to an activating group) is 1. The molecule has 0 heterocycles. The molecule has 15 heavy (non-hydrogen) atoms. The number of carbonyl (C=O) groups excluding carboxylic acids is 1. The number of benzene rings is 1. The molecule has 0 fully saturated rings. The van der Waals surface area contributed by atoms with Gasteiger partial charge in [-0.25, -0.2) is 0 Å². The van der Waals surface area contributed by atoms with Crippen molar-refractivity contribution in [1.82, 2.24) is 0 Å². The van der Waals surface area contributed by atoms with E-state index in [9.17, 15) is 4.79 Å². The van der Waals surface area contributed by atoms with Crippen LogP contribution in [-0.4, -0.2) is 31.1 Å². The smallest absolute Gasteiger partial charge is 0.159 e. The minimum absolute atomic E-state index is 0.00624. The van der Waals surface area contributed by atoms with E-state index in [0.29, 0.717) is 17.1 Å². The lowest BCUT2D eigenvalue weighted by Gasteiger charge is -2.19. The summed E-state index contributed by atoms with van der Waals surface area (Å²) in [5.74, 6) is -0.00624. The molecule has 1 rings (SSSR count). The van der Waals surface area contributed by atoms with Crippen LogP contribution < -0.4 is 4.90 Å². The third-order valence-electron chi connectivity index (χ3n) is 2.20. The molecular formula is C11H14ClNO2. The summed E-state index contributed by atoms with van der Waals surface area (Å²) < 4.78 is 0. The van der Waals surface area contributed by atoms with Gasteiger partial charge in [-0.05, 0) is 25.1 Å². The minimum Gasteiger partial charge on any atom is -0.395 e. The first kappa shape index (κ1) is 12.0. The van der Waals surface area contributed by atoms with Gasteiger partial charge in [0.2, 0.25) is 0 Å². The molecule has 0 amide bonds. The Morgan fingerprint density at radius 2 is 2.20 bits per heavy atom. The zero-order valence-electron chi connectivity index (χ0n) is 8.83. The molecule has 4 heteroatoms. The molecule has 3 nitrogen and oxygen atoms in total. The largest absolute Gasteiger partial charge is 0.395 e. The number of ketones is 1. The maximum absolute atomic E-state index is 11.1. The van der Waals surface area contributed by atoms with Crippen LogP contribution in [0.3, 0.4) is 0 Å². The number of halogens is 1. The monoisotopic (exact) mass is 227 g/mol. The summed E-state index contributed by atoms with van der Waals surface area (Å²) in [6, 6.07) is 5.17. The van der Waals surface area contributed by atoms with Crippen molar-refractivity contribution >= 4 is 23.1 Å². The topological polar surface area (TPSA) is 40.5 Å². The summed E-state index contributed by atoms with van der Waals surface area (Å²) >= 11 is 6.03. The fraction of sp³-hybridized carbons (Fsp3) is 0.364. The van der Waals surface area contributed by atoms with Crippen molar-refractivity contribution in [3.63, 3.8) is 0 Å². The number of hydrogen-bond donors (Lipinski definition) is 1. The Balaban J connectivity index is 2.97. The highest BCUT2D eigenvalue weighted by atomic mass is 35.5. The van der Waals surface area contributed by atoms with Gasteiger partial charge in [-0.2, -0.15) is 0 Å². The number of carbonyl (C=O) groups is 1. The highest BCUT2D eigenvalue weighted by Crippen LogP contribution is 2.25. The Morgan fingerprint density at radius 1 is 1.53 bits per heavy atom. The third-order valence-corrected chi connectivity index (χ3v) is 2.50. The predicted molar refractivity (Wildman–Crippen MR) is 61.8 cm³/mol. The van der Waals surface area contributed by atoms with Crippen LogP contribution in [-0.2, 0) is 0 Å². The average Bonchev–Trinajstić information content (AvgIpc) is 2.17. The highest BCUT2D eigenvalue weighted by Gasteiger charge is 2.08. The summed E-state index contributed by atoms with van der Waals surface area (Å²) in [6.07, 6.45) is 0. The van der Waals surface area contributed by atoms with E-state index in [1.807, 2.05) is 11.9 Å². The zero-order valence-corrected chi connectivity index (χ0v) is 9.58. The Morgan fingerprint density at radius 3 is 2.67 bits per heavy atom. The summed E-state index contributed by atoms with van der Waals surface area (Å²) in [5.41, 5.74) is 1.41. The maximum atomic E-state index is 11.1. The van der Waals surface area contributed by atoms with Gasteiger partial charge in [0, 0.05) is 19.2 Å². The molecular weight excluding hydrogens is 214 g/mol. The first-order valence-electron chi connectivity index (χ1n) is 4.68. The van der Waals surface area contributed by atoms with Gasteiger partial charge in [0.05, 0.1) is 17.3 Å². The van der Waals surface area contributed by atoms with Crippen LogP contribution in [0.4, 0.5) is 5.69 Å². The molecule has 0 radical (unpaired) electrons. The Bertz CT molecular complexity index is 366. The number of aliphatic hydroxyl groups excluding tert-OH is 1. The minimum atomic E-state index is -0.00624. The van der Waals surface area contributed by atoms with Gasteiger partial charge >= 0.3 is 0 Å². The second-order valence-electron chi connectivity index (χ2n) is 3.37. The zero-order chi connectivity index (χ0) is 11.4. The van der Waals surface area contributed by atoms with Gasteiger partial charge in [-0.1, -0.05) is 11.6 Å². The first-order chi connectivity index (χ1) is 7.06. The highest BCUT2D eigenvalue weighted by molar-refractivity contribution is 6.33. The lowest BCUT2D eigenvalue weighted by atomic mass is 10.1. The van der Waals surface area contributed by atoms with Crippen molar-refractivity contribution in [3.8, 4) is 0 Å². The van der Waals surface area contributed by atoms with Crippen LogP contribution in [0.1, 0.15) is 17.3 Å². The standard InChI is InChI=1S/C11H14ClNO2/c1-8(15)9-3-4-11(10(12)7-9)13(2)5-6-14/h3-4,7,14H,5-6H2,1-2H3. The normalized spacial score (nSPS) is 10.1. The average molecular weight is 228 g/mol. The molecule has 1 aromatic rings. The quantitative estimate of drug-likeness (QED) is 0.800. The van der Waals surface area contributed by atoms with Crippen molar-refractivity contribution < 1.29 is 9.90 Å². The number of hydrogen-bond acceptors (Lipinski definition) is 3. The van der Waals surface area contributed by atoms with E-state index in [1.54, 1.807) is 18.2 Å². The summed E-state index contributed by atoms with van der Waals surface area (Å²) in [6.45, 7) is 2.09. The van der Waals surface area contributed by atoms with Gasteiger partial charge in [0.25, 0.3) is 0 Å². The van der Waals surface area contributed by atoms with E-state index in [0.717, 1.165) is 5.69 Å². The lowest BCUT2D eigenvalue weighted by molar-refractivity contribution is 0.101. The lowest BCUT2D eigenvalue weighted by Crippen LogP contribution is -2.21. The Hall–Kier alpha value is -1.06. The molecule has 0 saturated heterocycles. The Labute approximate surface area is 94.3 Å². The predicted octanol–water partition coefficient (Wildman–Crippen LogP) is 1.97. The van der Waals surface area contributed by atoms with Crippen molar-refractivity contribution in [1.29, 1.82) is 0 Å². The molecule has 0 aliphatic carbocycles. The molecule has 0 aliphatic rings. The Kier molecular flexibility index (Phi) is 4.12. The van der Waals surface area contributed by atoms with E-state index in [1.165, 1.54) is 6.92 Å². The fourth-order valence-electron chi connectivity index (χ4n) is 1.31. The SMILES string of the molecule is CC(=O)c1ccc(N(C)CCO)c(Cl)c1. The second kappa shape index (κ2) is 5.14. The molecule has 1 aromatic carbocycles. The molecule has 0 unspecified atom stereocenters. The number of rotatable bonds is 4. The maximum Gasteiger partial charge on any atom is 0.159 e. The van der Waals surface area contributed by atoms with Gasteiger partial charge < -0.3 is 10.0 Å². The molecule has 0 saturated carbocycles. The molecule has 0 spiro atoms. The van der Waals surface area contributed by atoms with Crippen molar-refractivity contribution in [3.05, 3.63) is 28.8 Å². The van der Waals surface area contributed by atoms with E-state index >= 15 is 0 Å². The van der Waals surface area contributed by atoms with Gasteiger partial charge in [0.15, 0.2) is 5.78 Å². The van der Waals surface area contributed by atoms with Crippen molar-refractivity contribution in [2.75, 3.05) is 25.1 Å². The van der Waals surface area contributed by atoms with E-state index in [-0.39, 0.29) is 12.4 Å². The third kappa shape index (κ3) is 2.94. The van der Waals surface area contributed by atoms with Crippen LogP contribution in [0.15, 0.2) is 18.2 Å². The van der Waals surface area contributed by atoms with E-state index in [2.05, 4.69) is 0 Å². The van der Waals surface area contributed by atoms with Crippen LogP contribution in [0.25, 0.3) is 0 Å². The number of aliphatic hydroxyl groups is 1. The molecule has 0 atom stereocenters. The summed E-state index contributed by atoms with van der Waals surface area (Å²) in [5, 5.41) is 9.32. The number of nitrogens with zero attached hydrogens (tertiary/aromatic N) is 1. The van der Waals surface area contributed by atoms with Gasteiger partial charge in [0.1, 0.15) is 0 Å². The van der Waals surface area contributed by atoms with Crippen LogP contribution in [0.2, 0.25) is 5.02 Å². The van der Waals surface area contributed by atoms with Crippen molar-refractivity contribution in [2.45, 2.75) is 6.92 Å². The molecule has 82 valence electrons. The summed E-state index contributed by atoms with van der Waals surface area (Å²) in [4.78, 5) is 12.9. The van der Waals surface area contributed by atoms with Crippen LogP contribution in [0, 0.1) is 0 Å².